The molecule has 2 atom stereocenters. The van der Waals surface area contributed by atoms with Gasteiger partial charge in [-0.25, -0.2) is 0 Å². The van der Waals surface area contributed by atoms with Crippen molar-refractivity contribution in [3.8, 4) is 0 Å². The number of amides is 1. The summed E-state index contributed by atoms with van der Waals surface area (Å²) in [5.41, 5.74) is 4.47. The normalized spacial score (nSPS) is 19.7. The zero-order valence-corrected chi connectivity index (χ0v) is 23.0. The number of likely N-dealkylation sites (tertiary alicyclic amines) is 1. The molecule has 0 aliphatic carbocycles. The van der Waals surface area contributed by atoms with Gasteiger partial charge in [-0.3, -0.25) is 9.59 Å². The van der Waals surface area contributed by atoms with E-state index in [9.17, 15) is 19.5 Å². The molecule has 180 valence electrons. The number of ketones is 1. The standard InChI is InChI=1S/C28H34N2O4.Na/c1-19-5-3-4-6-24(19)25(17-26(31)22-9-12-27(32)29(2)18-22)20-7-10-23(11-8-20)30-15-13-21(14-16-30)28(33)34;/h3-8,10-11,21-22,25H,9,12-18H2,1-2H3,(H,33,34);/q;+1/p-1/t22?,25-;/m1./s1. The second-order valence-corrected chi connectivity index (χ2v) is 9.76. The smallest absolute Gasteiger partial charge is 0.550 e. The van der Waals surface area contributed by atoms with Crippen LogP contribution in [0.3, 0.4) is 0 Å². The quantitative estimate of drug-likeness (QED) is 0.514. The molecule has 0 bridgehead atoms. The van der Waals surface area contributed by atoms with Gasteiger partial charge in [-0.05, 0) is 55.0 Å². The van der Waals surface area contributed by atoms with Crippen molar-refractivity contribution >= 4 is 23.3 Å². The second-order valence-electron chi connectivity index (χ2n) is 9.76. The molecule has 0 saturated carbocycles. The number of aryl methyl sites for hydroxylation is 1. The van der Waals surface area contributed by atoms with Gasteiger partial charge in [-0.2, -0.15) is 0 Å². The average molecular weight is 485 g/mol. The number of rotatable bonds is 7. The predicted octanol–water partition coefficient (Wildman–Crippen LogP) is -0.0752. The first-order valence-corrected chi connectivity index (χ1v) is 12.2. The number of piperidine rings is 2. The van der Waals surface area contributed by atoms with Gasteiger partial charge < -0.3 is 19.7 Å². The Hall–Kier alpha value is -2.15. The van der Waals surface area contributed by atoms with Gasteiger partial charge >= 0.3 is 29.6 Å². The maximum Gasteiger partial charge on any atom is 1.00 e. The van der Waals surface area contributed by atoms with E-state index in [4.69, 9.17) is 0 Å². The van der Waals surface area contributed by atoms with Crippen LogP contribution in [0.2, 0.25) is 0 Å². The molecule has 2 aromatic carbocycles. The number of anilines is 1. The molecule has 0 radical (unpaired) electrons. The third-order valence-corrected chi connectivity index (χ3v) is 7.54. The minimum atomic E-state index is -0.950. The SMILES string of the molecule is Cc1ccccc1[C@H](CC(=O)C1CCC(=O)N(C)C1)c1ccc(N2CCC(C(=O)[O-])CC2)cc1.[Na+]. The van der Waals surface area contributed by atoms with Crippen molar-refractivity contribution in [2.24, 2.45) is 11.8 Å². The van der Waals surface area contributed by atoms with E-state index in [0.717, 1.165) is 22.4 Å². The van der Waals surface area contributed by atoms with E-state index < -0.39 is 5.97 Å². The van der Waals surface area contributed by atoms with E-state index in [1.165, 1.54) is 0 Å². The number of carboxylic acids is 1. The molecule has 2 aliphatic rings. The van der Waals surface area contributed by atoms with Crippen molar-refractivity contribution in [1.82, 2.24) is 4.90 Å². The van der Waals surface area contributed by atoms with Gasteiger partial charge in [0.05, 0.1) is 0 Å². The number of benzene rings is 2. The van der Waals surface area contributed by atoms with E-state index in [2.05, 4.69) is 48.2 Å². The van der Waals surface area contributed by atoms with E-state index in [-0.39, 0.29) is 59.0 Å². The summed E-state index contributed by atoms with van der Waals surface area (Å²) in [6.07, 6.45) is 2.67. The van der Waals surface area contributed by atoms with Gasteiger partial charge in [-0.15, -0.1) is 0 Å². The van der Waals surface area contributed by atoms with Crippen molar-refractivity contribution in [2.75, 3.05) is 31.6 Å². The molecule has 6 nitrogen and oxygen atoms in total. The fourth-order valence-corrected chi connectivity index (χ4v) is 5.32. The number of hydrogen-bond donors (Lipinski definition) is 0. The van der Waals surface area contributed by atoms with Crippen molar-refractivity contribution in [2.45, 2.75) is 44.9 Å². The molecular weight excluding hydrogens is 451 g/mol. The van der Waals surface area contributed by atoms with E-state index >= 15 is 0 Å². The fraction of sp³-hybridized carbons (Fsp3) is 0.464. The topological polar surface area (TPSA) is 80.8 Å². The predicted molar refractivity (Wildman–Crippen MR) is 129 cm³/mol. The summed E-state index contributed by atoms with van der Waals surface area (Å²) in [6, 6.07) is 16.6. The Morgan fingerprint density at radius 2 is 1.66 bits per heavy atom. The van der Waals surface area contributed by atoms with Crippen molar-refractivity contribution in [1.29, 1.82) is 0 Å². The summed E-state index contributed by atoms with van der Waals surface area (Å²) in [5.74, 6) is -1.15. The zero-order valence-electron chi connectivity index (χ0n) is 21.0. The van der Waals surface area contributed by atoms with E-state index in [1.807, 2.05) is 12.1 Å². The summed E-state index contributed by atoms with van der Waals surface area (Å²) in [5, 5.41) is 11.1. The molecule has 2 heterocycles. The first kappa shape index (κ1) is 27.4. The van der Waals surface area contributed by atoms with E-state index in [0.29, 0.717) is 51.7 Å². The monoisotopic (exact) mass is 484 g/mol. The number of carbonyl (C=O) groups is 3. The first-order chi connectivity index (χ1) is 16.3. The Kier molecular flexibility index (Phi) is 9.56. The van der Waals surface area contributed by atoms with Gasteiger partial charge in [0.1, 0.15) is 5.78 Å². The van der Waals surface area contributed by atoms with Crippen LogP contribution in [0.4, 0.5) is 5.69 Å². The number of carbonyl (C=O) groups excluding carboxylic acids is 3. The van der Waals surface area contributed by atoms with Crippen molar-refractivity contribution in [3.63, 3.8) is 0 Å². The van der Waals surface area contributed by atoms with Crippen molar-refractivity contribution < 1.29 is 49.0 Å². The van der Waals surface area contributed by atoms with Gasteiger partial charge in [-0.1, -0.05) is 36.4 Å². The maximum atomic E-state index is 13.3. The van der Waals surface area contributed by atoms with Crippen LogP contribution in [0, 0.1) is 18.8 Å². The Morgan fingerprint density at radius 1 is 1.00 bits per heavy atom. The van der Waals surface area contributed by atoms with Crippen LogP contribution in [0.5, 0.6) is 0 Å². The molecule has 7 heteroatoms. The number of hydrogen-bond acceptors (Lipinski definition) is 5. The number of carboxylic acid groups (broad SMARTS) is 1. The molecule has 2 fully saturated rings. The molecule has 2 aliphatic heterocycles. The molecule has 35 heavy (non-hydrogen) atoms. The number of nitrogens with zero attached hydrogens (tertiary/aromatic N) is 2. The Balaban J connectivity index is 0.00000342. The van der Waals surface area contributed by atoms with Gasteiger partial charge in [0, 0.05) is 68.9 Å². The molecular formula is C28H33N2NaO4. The zero-order chi connectivity index (χ0) is 24.2. The third kappa shape index (κ3) is 6.54. The summed E-state index contributed by atoms with van der Waals surface area (Å²) in [4.78, 5) is 40.2. The summed E-state index contributed by atoms with van der Waals surface area (Å²) in [6.45, 7) is 3.98. The fourth-order valence-electron chi connectivity index (χ4n) is 5.32. The summed E-state index contributed by atoms with van der Waals surface area (Å²) in [7, 11) is 1.77. The molecule has 0 spiro atoms. The molecule has 2 saturated heterocycles. The Morgan fingerprint density at radius 3 is 2.26 bits per heavy atom. The largest absolute Gasteiger partial charge is 1.00 e. The summed E-state index contributed by atoms with van der Waals surface area (Å²) >= 11 is 0. The first-order valence-electron chi connectivity index (χ1n) is 12.2. The second kappa shape index (κ2) is 12.2. The van der Waals surface area contributed by atoms with E-state index in [1.54, 1.807) is 11.9 Å². The van der Waals surface area contributed by atoms with Gasteiger partial charge in [0.25, 0.3) is 0 Å². The summed E-state index contributed by atoms with van der Waals surface area (Å²) < 4.78 is 0. The third-order valence-electron chi connectivity index (χ3n) is 7.54. The molecule has 0 aromatic heterocycles. The number of Topliss-reactive ketones (excluding diaryl/α,β-unsaturated/α-hetero) is 1. The van der Waals surface area contributed by atoms with Crippen molar-refractivity contribution in [3.05, 3.63) is 65.2 Å². The molecule has 0 N–H and O–H groups in total. The van der Waals surface area contributed by atoms with Gasteiger partial charge in [0.2, 0.25) is 5.91 Å². The maximum absolute atomic E-state index is 13.3. The van der Waals surface area contributed by atoms with Crippen LogP contribution in [0.25, 0.3) is 0 Å². The molecule has 1 amide bonds. The van der Waals surface area contributed by atoms with Crippen LogP contribution < -0.4 is 39.6 Å². The Labute approximate surface area is 230 Å². The van der Waals surface area contributed by atoms with Crippen LogP contribution in [-0.4, -0.2) is 49.2 Å². The minimum Gasteiger partial charge on any atom is -0.550 e. The van der Waals surface area contributed by atoms with Crippen LogP contribution in [0.1, 0.15) is 54.7 Å². The van der Waals surface area contributed by atoms with Gasteiger partial charge in [0.15, 0.2) is 0 Å². The Bertz CT molecular complexity index is 1050. The molecule has 2 aromatic rings. The van der Waals surface area contributed by atoms with Crippen LogP contribution >= 0.6 is 0 Å². The molecule has 1 unspecified atom stereocenters. The van der Waals surface area contributed by atoms with Crippen LogP contribution in [0.15, 0.2) is 48.5 Å². The number of aliphatic carboxylic acids is 1. The molecule has 4 rings (SSSR count). The van der Waals surface area contributed by atoms with Crippen LogP contribution in [-0.2, 0) is 14.4 Å². The minimum absolute atomic E-state index is 0. The average Bonchev–Trinajstić information content (AvgIpc) is 2.85.